The molecule has 1 saturated heterocycles. The van der Waals surface area contributed by atoms with E-state index >= 15 is 0 Å². The first-order chi connectivity index (χ1) is 7.40. The normalized spacial score (nSPS) is 18.2. The summed E-state index contributed by atoms with van der Waals surface area (Å²) in [6.07, 6.45) is 1.79. The van der Waals surface area contributed by atoms with Gasteiger partial charge in [-0.05, 0) is 13.1 Å². The quantitative estimate of drug-likeness (QED) is 0.843. The molecule has 4 heteroatoms. The van der Waals surface area contributed by atoms with E-state index < -0.39 is 0 Å². The second-order valence-corrected chi connectivity index (χ2v) is 5.01. The lowest BCUT2D eigenvalue weighted by atomic mass is 10.2. The summed E-state index contributed by atoms with van der Waals surface area (Å²) in [4.78, 5) is 2.50. The zero-order chi connectivity index (χ0) is 10.5. The average molecular weight is 226 g/mol. The van der Waals surface area contributed by atoms with Gasteiger partial charge in [0.15, 0.2) is 0 Å². The van der Waals surface area contributed by atoms with Crippen LogP contribution in [0.3, 0.4) is 0 Å². The summed E-state index contributed by atoms with van der Waals surface area (Å²) in [6.45, 7) is 4.27. The fourth-order valence-electron chi connectivity index (χ4n) is 1.82. The van der Waals surface area contributed by atoms with Gasteiger partial charge in [-0.15, -0.1) is 0 Å². The molecule has 2 rings (SSSR count). The van der Waals surface area contributed by atoms with Gasteiger partial charge in [0.2, 0.25) is 0 Å². The highest BCUT2D eigenvalue weighted by Gasteiger charge is 2.13. The maximum Gasteiger partial charge on any atom is 0.122 e. The second-order valence-electron chi connectivity index (χ2n) is 3.79. The highest BCUT2D eigenvalue weighted by Crippen LogP contribution is 2.16. The van der Waals surface area contributed by atoms with Gasteiger partial charge in [0.05, 0.1) is 12.8 Å². The zero-order valence-corrected chi connectivity index (χ0v) is 9.98. The van der Waals surface area contributed by atoms with Crippen molar-refractivity contribution in [1.82, 2.24) is 10.2 Å². The monoisotopic (exact) mass is 226 g/mol. The van der Waals surface area contributed by atoms with E-state index in [9.17, 15) is 0 Å². The molecule has 1 aromatic rings. The van der Waals surface area contributed by atoms with E-state index in [2.05, 4.69) is 16.3 Å². The summed E-state index contributed by atoms with van der Waals surface area (Å²) in [5, 5.41) is 3.13. The fourth-order valence-corrected chi connectivity index (χ4v) is 2.80. The molecule has 1 fully saturated rings. The number of thioether (sulfide) groups is 1. The average Bonchev–Trinajstić information content (AvgIpc) is 2.68. The molecule has 0 spiro atoms. The van der Waals surface area contributed by atoms with Crippen LogP contribution in [0.5, 0.6) is 0 Å². The summed E-state index contributed by atoms with van der Waals surface area (Å²) in [5.74, 6) is 3.61. The minimum Gasteiger partial charge on any atom is -0.468 e. The van der Waals surface area contributed by atoms with Gasteiger partial charge >= 0.3 is 0 Å². The largest absolute Gasteiger partial charge is 0.468 e. The Hall–Kier alpha value is -0.450. The lowest BCUT2D eigenvalue weighted by Gasteiger charge is -2.25. The molecule has 0 unspecified atom stereocenters. The van der Waals surface area contributed by atoms with Crippen LogP contribution in [-0.4, -0.2) is 36.5 Å². The van der Waals surface area contributed by atoms with Crippen molar-refractivity contribution in [3.63, 3.8) is 0 Å². The smallest absolute Gasteiger partial charge is 0.122 e. The van der Waals surface area contributed by atoms with Crippen molar-refractivity contribution in [2.24, 2.45) is 0 Å². The molecule has 1 aliphatic heterocycles. The number of nitrogens with zero attached hydrogens (tertiary/aromatic N) is 1. The Balaban J connectivity index is 1.93. The first kappa shape index (κ1) is 11.0. The predicted molar refractivity (Wildman–Crippen MR) is 64.1 cm³/mol. The van der Waals surface area contributed by atoms with Gasteiger partial charge in [-0.25, -0.2) is 0 Å². The topological polar surface area (TPSA) is 28.4 Å². The van der Waals surface area contributed by atoms with Crippen LogP contribution in [0.4, 0.5) is 0 Å². The molecule has 1 N–H and O–H groups in total. The van der Waals surface area contributed by atoms with Crippen LogP contribution in [0.25, 0.3) is 0 Å². The number of rotatable bonds is 4. The van der Waals surface area contributed by atoms with E-state index in [4.69, 9.17) is 4.42 Å². The standard InChI is InChI=1S/C11H18N2OS/c1-12-8-11-10(2-5-14-11)9-13-3-6-15-7-4-13/h2,5,12H,3-4,6-9H2,1H3. The van der Waals surface area contributed by atoms with Gasteiger partial charge < -0.3 is 9.73 Å². The van der Waals surface area contributed by atoms with Gasteiger partial charge in [0.25, 0.3) is 0 Å². The van der Waals surface area contributed by atoms with Crippen molar-refractivity contribution >= 4 is 11.8 Å². The number of furan rings is 1. The molecule has 0 radical (unpaired) electrons. The third-order valence-corrected chi connectivity index (χ3v) is 3.62. The van der Waals surface area contributed by atoms with Crippen LogP contribution < -0.4 is 5.32 Å². The summed E-state index contributed by atoms with van der Waals surface area (Å²) in [7, 11) is 1.95. The lowest BCUT2D eigenvalue weighted by molar-refractivity contribution is 0.291. The zero-order valence-electron chi connectivity index (χ0n) is 9.16. The SMILES string of the molecule is CNCc1occc1CN1CCSCC1. The van der Waals surface area contributed by atoms with Crippen molar-refractivity contribution < 1.29 is 4.42 Å². The molecule has 0 aliphatic carbocycles. The molecule has 3 nitrogen and oxygen atoms in total. The number of nitrogens with one attached hydrogen (secondary N) is 1. The molecule has 0 saturated carbocycles. The molecule has 0 bridgehead atoms. The third-order valence-electron chi connectivity index (χ3n) is 2.67. The van der Waals surface area contributed by atoms with Crippen LogP contribution in [0.2, 0.25) is 0 Å². The van der Waals surface area contributed by atoms with Crippen LogP contribution in [0.1, 0.15) is 11.3 Å². The maximum atomic E-state index is 5.45. The summed E-state index contributed by atoms with van der Waals surface area (Å²) >= 11 is 2.05. The highest BCUT2D eigenvalue weighted by molar-refractivity contribution is 7.99. The Morgan fingerprint density at radius 1 is 1.47 bits per heavy atom. The molecule has 2 heterocycles. The fraction of sp³-hybridized carbons (Fsp3) is 0.636. The van der Waals surface area contributed by atoms with Crippen molar-refractivity contribution in [1.29, 1.82) is 0 Å². The highest BCUT2D eigenvalue weighted by atomic mass is 32.2. The second kappa shape index (κ2) is 5.58. The summed E-state index contributed by atoms with van der Waals surface area (Å²) in [5.41, 5.74) is 1.33. The first-order valence-electron chi connectivity index (χ1n) is 5.40. The molecule has 1 aromatic heterocycles. The van der Waals surface area contributed by atoms with Crippen LogP contribution in [0.15, 0.2) is 16.7 Å². The van der Waals surface area contributed by atoms with E-state index in [1.165, 1.54) is 30.2 Å². The molecule has 0 atom stereocenters. The molecule has 0 aromatic carbocycles. The van der Waals surface area contributed by atoms with E-state index in [1.807, 2.05) is 18.8 Å². The minimum absolute atomic E-state index is 0.824. The Labute approximate surface area is 95.2 Å². The van der Waals surface area contributed by atoms with Crippen LogP contribution in [0, 0.1) is 0 Å². The lowest BCUT2D eigenvalue weighted by Crippen LogP contribution is -2.32. The van der Waals surface area contributed by atoms with Crippen LogP contribution in [-0.2, 0) is 13.1 Å². The summed E-state index contributed by atoms with van der Waals surface area (Å²) < 4.78 is 5.45. The minimum atomic E-state index is 0.824. The Morgan fingerprint density at radius 3 is 3.00 bits per heavy atom. The van der Waals surface area contributed by atoms with Gasteiger partial charge in [-0.1, -0.05) is 0 Å². The Bertz CT molecular complexity index is 295. The van der Waals surface area contributed by atoms with E-state index in [0.717, 1.165) is 18.8 Å². The molecule has 1 aliphatic rings. The van der Waals surface area contributed by atoms with Gasteiger partial charge in [-0.3, -0.25) is 4.90 Å². The third kappa shape index (κ3) is 3.00. The Morgan fingerprint density at radius 2 is 2.27 bits per heavy atom. The molecule has 84 valence electrons. The maximum absolute atomic E-state index is 5.45. The van der Waals surface area contributed by atoms with E-state index in [-0.39, 0.29) is 0 Å². The van der Waals surface area contributed by atoms with Crippen LogP contribution >= 0.6 is 11.8 Å². The van der Waals surface area contributed by atoms with E-state index in [1.54, 1.807) is 6.26 Å². The Kier molecular flexibility index (Phi) is 4.11. The van der Waals surface area contributed by atoms with Crippen molar-refractivity contribution in [3.8, 4) is 0 Å². The molecular formula is C11H18N2OS. The molecule has 0 amide bonds. The molecular weight excluding hydrogens is 208 g/mol. The number of hydrogen-bond donors (Lipinski definition) is 1. The van der Waals surface area contributed by atoms with E-state index in [0.29, 0.717) is 0 Å². The molecule has 15 heavy (non-hydrogen) atoms. The van der Waals surface area contributed by atoms with Crippen molar-refractivity contribution in [3.05, 3.63) is 23.7 Å². The number of hydrogen-bond acceptors (Lipinski definition) is 4. The van der Waals surface area contributed by atoms with Crippen molar-refractivity contribution in [2.75, 3.05) is 31.6 Å². The van der Waals surface area contributed by atoms with Gasteiger partial charge in [-0.2, -0.15) is 11.8 Å². The van der Waals surface area contributed by atoms with Crippen molar-refractivity contribution in [2.45, 2.75) is 13.1 Å². The predicted octanol–water partition coefficient (Wildman–Crippen LogP) is 1.55. The first-order valence-corrected chi connectivity index (χ1v) is 6.55. The summed E-state index contributed by atoms with van der Waals surface area (Å²) in [6, 6.07) is 2.09. The van der Waals surface area contributed by atoms with Gasteiger partial charge in [0, 0.05) is 36.7 Å². The van der Waals surface area contributed by atoms with Gasteiger partial charge in [0.1, 0.15) is 5.76 Å².